The van der Waals surface area contributed by atoms with E-state index in [9.17, 15) is 14.7 Å². The lowest BCUT2D eigenvalue weighted by molar-refractivity contribution is -0.157. The van der Waals surface area contributed by atoms with E-state index in [-0.39, 0.29) is 12.3 Å². The van der Waals surface area contributed by atoms with Gasteiger partial charge in [0.15, 0.2) is 0 Å². The molecule has 108 valence electrons. The standard InChI is InChI=1S/C17H17NO3/c19-15(11-17(16(20)21)9-4-10-17)18-14-8-3-6-12-5-1-2-7-13(12)14/h1-3,5-8H,4,9-11H2,(H,18,19)(H,20,21). The maximum Gasteiger partial charge on any atom is 0.310 e. The molecule has 0 unspecified atom stereocenters. The first-order valence-corrected chi connectivity index (χ1v) is 7.12. The number of amides is 1. The van der Waals surface area contributed by atoms with Gasteiger partial charge in [-0.3, -0.25) is 9.59 Å². The van der Waals surface area contributed by atoms with Crippen LogP contribution in [0.1, 0.15) is 25.7 Å². The maximum absolute atomic E-state index is 12.2. The first-order valence-electron chi connectivity index (χ1n) is 7.12. The van der Waals surface area contributed by atoms with E-state index in [0.717, 1.165) is 22.9 Å². The Labute approximate surface area is 122 Å². The number of hydrogen-bond donors (Lipinski definition) is 2. The van der Waals surface area contributed by atoms with Crippen molar-refractivity contribution in [2.75, 3.05) is 5.32 Å². The number of carbonyl (C=O) groups is 2. The Balaban J connectivity index is 1.79. The lowest BCUT2D eigenvalue weighted by Crippen LogP contribution is -2.41. The Hall–Kier alpha value is -2.36. The molecule has 0 aromatic heterocycles. The van der Waals surface area contributed by atoms with Crippen molar-refractivity contribution in [1.29, 1.82) is 0 Å². The average molecular weight is 283 g/mol. The summed E-state index contributed by atoms with van der Waals surface area (Å²) in [6, 6.07) is 13.5. The Morgan fingerprint density at radius 2 is 1.81 bits per heavy atom. The van der Waals surface area contributed by atoms with Crippen LogP contribution in [0.3, 0.4) is 0 Å². The van der Waals surface area contributed by atoms with E-state index in [1.165, 1.54) is 0 Å². The van der Waals surface area contributed by atoms with Crippen molar-refractivity contribution in [1.82, 2.24) is 0 Å². The van der Waals surface area contributed by atoms with Crippen molar-refractivity contribution in [2.24, 2.45) is 5.41 Å². The number of aliphatic carboxylic acids is 1. The summed E-state index contributed by atoms with van der Waals surface area (Å²) in [6.45, 7) is 0. The Morgan fingerprint density at radius 3 is 2.48 bits per heavy atom. The predicted molar refractivity (Wildman–Crippen MR) is 81.1 cm³/mol. The molecule has 2 aromatic carbocycles. The Bertz CT molecular complexity index is 699. The third-order valence-corrected chi connectivity index (χ3v) is 4.33. The van der Waals surface area contributed by atoms with E-state index in [2.05, 4.69) is 5.32 Å². The second kappa shape index (κ2) is 5.20. The lowest BCUT2D eigenvalue weighted by Gasteiger charge is -2.36. The van der Waals surface area contributed by atoms with Gasteiger partial charge >= 0.3 is 5.97 Å². The second-order valence-electron chi connectivity index (χ2n) is 5.69. The molecule has 2 aromatic rings. The maximum atomic E-state index is 12.2. The van der Waals surface area contributed by atoms with Crippen LogP contribution in [0.5, 0.6) is 0 Å². The highest BCUT2D eigenvalue weighted by Crippen LogP contribution is 2.44. The molecule has 3 rings (SSSR count). The van der Waals surface area contributed by atoms with E-state index in [4.69, 9.17) is 0 Å². The Morgan fingerprint density at radius 1 is 1.10 bits per heavy atom. The van der Waals surface area contributed by atoms with E-state index >= 15 is 0 Å². The minimum atomic E-state index is -0.859. The zero-order valence-corrected chi connectivity index (χ0v) is 11.6. The molecule has 1 aliphatic carbocycles. The van der Waals surface area contributed by atoms with E-state index < -0.39 is 11.4 Å². The molecule has 0 spiro atoms. The largest absolute Gasteiger partial charge is 0.481 e. The van der Waals surface area contributed by atoms with Crippen molar-refractivity contribution in [3.8, 4) is 0 Å². The fourth-order valence-corrected chi connectivity index (χ4v) is 2.91. The highest BCUT2D eigenvalue weighted by molar-refractivity contribution is 6.03. The summed E-state index contributed by atoms with van der Waals surface area (Å²) in [4.78, 5) is 23.5. The molecule has 21 heavy (non-hydrogen) atoms. The molecule has 0 heterocycles. The molecule has 1 amide bonds. The number of hydrogen-bond acceptors (Lipinski definition) is 2. The number of carbonyl (C=O) groups excluding carboxylic acids is 1. The van der Waals surface area contributed by atoms with Crippen LogP contribution >= 0.6 is 0 Å². The summed E-state index contributed by atoms with van der Waals surface area (Å²) in [7, 11) is 0. The van der Waals surface area contributed by atoms with Gasteiger partial charge in [-0.05, 0) is 24.3 Å². The summed E-state index contributed by atoms with van der Waals surface area (Å²) in [5.74, 6) is -1.09. The van der Waals surface area contributed by atoms with Gasteiger partial charge < -0.3 is 10.4 Å². The fraction of sp³-hybridized carbons (Fsp3) is 0.294. The molecule has 0 bridgehead atoms. The highest BCUT2D eigenvalue weighted by Gasteiger charge is 2.45. The minimum Gasteiger partial charge on any atom is -0.481 e. The molecule has 0 aliphatic heterocycles. The number of nitrogens with one attached hydrogen (secondary N) is 1. The monoisotopic (exact) mass is 283 g/mol. The number of carboxylic acids is 1. The molecule has 0 atom stereocenters. The third-order valence-electron chi connectivity index (χ3n) is 4.33. The summed E-state index contributed by atoms with van der Waals surface area (Å²) >= 11 is 0. The number of anilines is 1. The molecular formula is C17H17NO3. The van der Waals surface area contributed by atoms with E-state index in [1.807, 2.05) is 42.5 Å². The smallest absolute Gasteiger partial charge is 0.310 e. The van der Waals surface area contributed by atoms with Gasteiger partial charge in [-0.15, -0.1) is 0 Å². The molecule has 1 saturated carbocycles. The number of benzene rings is 2. The van der Waals surface area contributed by atoms with Crippen molar-refractivity contribution < 1.29 is 14.7 Å². The number of carboxylic acid groups (broad SMARTS) is 1. The van der Waals surface area contributed by atoms with Gasteiger partial charge in [0.25, 0.3) is 0 Å². The second-order valence-corrected chi connectivity index (χ2v) is 5.69. The lowest BCUT2D eigenvalue weighted by atomic mass is 9.66. The quantitative estimate of drug-likeness (QED) is 0.903. The van der Waals surface area contributed by atoms with Crippen molar-refractivity contribution >= 4 is 28.3 Å². The molecule has 2 N–H and O–H groups in total. The van der Waals surface area contributed by atoms with Crippen LogP contribution in [-0.2, 0) is 9.59 Å². The van der Waals surface area contributed by atoms with Crippen LogP contribution in [0.4, 0.5) is 5.69 Å². The normalized spacial score (nSPS) is 16.2. The topological polar surface area (TPSA) is 66.4 Å². The van der Waals surface area contributed by atoms with Crippen LogP contribution in [0, 0.1) is 5.41 Å². The van der Waals surface area contributed by atoms with Crippen LogP contribution < -0.4 is 5.32 Å². The zero-order valence-electron chi connectivity index (χ0n) is 11.6. The summed E-state index contributed by atoms with van der Waals surface area (Å²) in [6.07, 6.45) is 2.11. The first-order chi connectivity index (χ1) is 10.1. The van der Waals surface area contributed by atoms with Gasteiger partial charge in [0.2, 0.25) is 5.91 Å². The number of fused-ring (bicyclic) bond motifs is 1. The van der Waals surface area contributed by atoms with Crippen LogP contribution in [0.25, 0.3) is 10.8 Å². The minimum absolute atomic E-state index is 0.0472. The van der Waals surface area contributed by atoms with E-state index in [1.54, 1.807) is 0 Å². The van der Waals surface area contributed by atoms with Gasteiger partial charge in [-0.1, -0.05) is 42.8 Å². The van der Waals surface area contributed by atoms with Gasteiger partial charge in [-0.2, -0.15) is 0 Å². The van der Waals surface area contributed by atoms with Crippen molar-refractivity contribution in [2.45, 2.75) is 25.7 Å². The van der Waals surface area contributed by atoms with Gasteiger partial charge in [0.1, 0.15) is 0 Å². The predicted octanol–water partition coefficient (Wildman–Crippen LogP) is 3.42. The molecule has 4 nitrogen and oxygen atoms in total. The molecule has 1 aliphatic rings. The van der Waals surface area contributed by atoms with Crippen LogP contribution in [0.15, 0.2) is 42.5 Å². The fourth-order valence-electron chi connectivity index (χ4n) is 2.91. The van der Waals surface area contributed by atoms with E-state index in [0.29, 0.717) is 12.8 Å². The average Bonchev–Trinajstić information content (AvgIpc) is 2.43. The van der Waals surface area contributed by atoms with Crippen molar-refractivity contribution in [3.05, 3.63) is 42.5 Å². The summed E-state index contributed by atoms with van der Waals surface area (Å²) < 4.78 is 0. The van der Waals surface area contributed by atoms with Crippen LogP contribution in [0.2, 0.25) is 0 Å². The molecular weight excluding hydrogens is 266 g/mol. The number of rotatable bonds is 4. The van der Waals surface area contributed by atoms with Crippen LogP contribution in [-0.4, -0.2) is 17.0 Å². The SMILES string of the molecule is O=C(CC1(C(=O)O)CCC1)Nc1cccc2ccccc12. The molecule has 1 fully saturated rings. The molecule has 0 radical (unpaired) electrons. The molecule has 0 saturated heterocycles. The van der Waals surface area contributed by atoms with Gasteiger partial charge in [0.05, 0.1) is 5.41 Å². The van der Waals surface area contributed by atoms with Gasteiger partial charge in [0, 0.05) is 17.5 Å². The van der Waals surface area contributed by atoms with Crippen molar-refractivity contribution in [3.63, 3.8) is 0 Å². The first kappa shape index (κ1) is 13.6. The highest BCUT2D eigenvalue weighted by atomic mass is 16.4. The van der Waals surface area contributed by atoms with Gasteiger partial charge in [-0.25, -0.2) is 0 Å². The summed E-state index contributed by atoms with van der Waals surface area (Å²) in [5.41, 5.74) is -0.118. The third kappa shape index (κ3) is 2.49. The Kier molecular flexibility index (Phi) is 3.37. The molecule has 4 heteroatoms. The summed E-state index contributed by atoms with van der Waals surface area (Å²) in [5, 5.41) is 14.2. The zero-order chi connectivity index (χ0) is 14.9.